The van der Waals surface area contributed by atoms with Gasteiger partial charge in [0.1, 0.15) is 0 Å². The normalized spacial score (nSPS) is 10.5. The van der Waals surface area contributed by atoms with Gasteiger partial charge in [0.05, 0.1) is 11.5 Å². The van der Waals surface area contributed by atoms with Crippen molar-refractivity contribution in [3.05, 3.63) is 154 Å². The van der Waals surface area contributed by atoms with Gasteiger partial charge in [-0.3, -0.25) is 0 Å². The molecule has 0 saturated heterocycles. The minimum Gasteiger partial charge on any atom is -0.496 e. The van der Waals surface area contributed by atoms with E-state index in [4.69, 9.17) is 4.42 Å². The van der Waals surface area contributed by atoms with Gasteiger partial charge in [-0.05, 0) is 85.7 Å². The second-order valence-electron chi connectivity index (χ2n) is 13.4. The topological polar surface area (TPSA) is 13.1 Å². The van der Waals surface area contributed by atoms with Gasteiger partial charge in [-0.15, -0.1) is 88.3 Å². The van der Waals surface area contributed by atoms with Gasteiger partial charge in [0.15, 0.2) is 0 Å². The molecule has 2 heterocycles. The Hall–Kier alpha value is -3.24. The molecular formula is C46H46Cl2OSSiZr. The maximum Gasteiger partial charge on any atom is 0.0896 e. The molecule has 0 bridgehead atoms. The third-order valence-electron chi connectivity index (χ3n) is 9.23. The van der Waals surface area contributed by atoms with Crippen LogP contribution in [0, 0.1) is 41.5 Å². The van der Waals surface area contributed by atoms with Crippen LogP contribution >= 0.6 is 36.2 Å². The predicted molar refractivity (Wildman–Crippen MR) is 231 cm³/mol. The Balaban J connectivity index is 0.000000204. The van der Waals surface area contributed by atoms with Crippen LogP contribution in [-0.4, -0.2) is 5.43 Å². The smallest absolute Gasteiger partial charge is 0.0896 e. The molecule has 8 rings (SSSR count). The maximum absolute atomic E-state index is 5.81. The van der Waals surface area contributed by atoms with Gasteiger partial charge in [0.2, 0.25) is 0 Å². The van der Waals surface area contributed by atoms with Crippen LogP contribution < -0.4 is 0 Å². The number of halogens is 2. The molecule has 0 saturated carbocycles. The first-order valence-electron chi connectivity index (χ1n) is 17.2. The van der Waals surface area contributed by atoms with E-state index in [9.17, 15) is 0 Å². The van der Waals surface area contributed by atoms with Crippen molar-refractivity contribution in [3.8, 4) is 44.0 Å². The number of rotatable bonds is 4. The molecular weight excluding hydrogens is 791 g/mol. The second kappa shape index (κ2) is 18.2. The maximum atomic E-state index is 5.81. The van der Waals surface area contributed by atoms with Crippen LogP contribution in [0.15, 0.2) is 126 Å². The molecule has 1 nitrogen and oxygen atoms in total. The van der Waals surface area contributed by atoms with Crippen LogP contribution in [-0.2, 0) is 23.3 Å². The summed E-state index contributed by atoms with van der Waals surface area (Å²) in [5.74, 6) is 1.88. The molecule has 0 aliphatic heterocycles. The number of benzene rings is 4. The standard InChI is InChI=1S/C22H19O.C22H19S.C2H6Si.2ClH.Zr/c2*1-14-11-18-12-19(21-10-9-15(2)23-21)13-20(18)22(16(14)3)17-7-5-4-6-8-17;1-3-2;;;/h2*4-13H,1-3H3;1-2H3;2*1H;/q2*-1;;;;+2. The van der Waals surface area contributed by atoms with E-state index >= 15 is 0 Å². The molecule has 0 N–H and O–H groups in total. The number of fused-ring (bicyclic) bond motifs is 2. The van der Waals surface area contributed by atoms with Gasteiger partial charge < -0.3 is 4.42 Å². The zero-order chi connectivity index (χ0) is 35.5. The van der Waals surface area contributed by atoms with Crippen molar-refractivity contribution in [3.63, 3.8) is 0 Å². The van der Waals surface area contributed by atoms with E-state index in [1.54, 1.807) is 23.3 Å². The fourth-order valence-corrected chi connectivity index (χ4v) is 7.48. The molecule has 2 aromatic heterocycles. The summed E-state index contributed by atoms with van der Waals surface area (Å²) in [5, 5.41) is 5.27. The molecule has 0 aliphatic carbocycles. The molecule has 6 aromatic carbocycles. The van der Waals surface area contributed by atoms with E-state index in [1.807, 2.05) is 30.4 Å². The van der Waals surface area contributed by atoms with Crippen molar-refractivity contribution >= 4 is 63.1 Å². The molecule has 8 aromatic rings. The largest absolute Gasteiger partial charge is 0.496 e. The van der Waals surface area contributed by atoms with E-state index in [1.165, 1.54) is 81.4 Å². The fraction of sp³-hybridized carbons (Fsp3) is 0.174. The molecule has 0 atom stereocenters. The number of hydrogen-bond donors (Lipinski definition) is 0. The quantitative estimate of drug-likeness (QED) is 0.127. The van der Waals surface area contributed by atoms with Crippen molar-refractivity contribution < 1.29 is 27.8 Å². The Morgan fingerprint density at radius 1 is 0.577 bits per heavy atom. The predicted octanol–water partition coefficient (Wildman–Crippen LogP) is 14.9. The minimum absolute atomic E-state index is 0. The Kier molecular flexibility index (Phi) is 14.5. The summed E-state index contributed by atoms with van der Waals surface area (Å²) in [6.45, 7) is 17.6. The van der Waals surface area contributed by atoms with Gasteiger partial charge in [-0.2, -0.15) is 11.3 Å². The second-order valence-corrected chi connectivity index (χ2v) is 24.1. The first-order chi connectivity index (χ1) is 24.0. The number of furan rings is 1. The molecule has 0 radical (unpaired) electrons. The zero-order valence-corrected chi connectivity index (χ0v) is 37.1. The van der Waals surface area contributed by atoms with Crippen molar-refractivity contribution in [1.29, 1.82) is 0 Å². The third kappa shape index (κ3) is 9.27. The minimum atomic E-state index is 0. The summed E-state index contributed by atoms with van der Waals surface area (Å²) in [7, 11) is 0. The zero-order valence-electron chi connectivity index (χ0n) is 31.2. The molecule has 52 heavy (non-hydrogen) atoms. The summed E-state index contributed by atoms with van der Waals surface area (Å²) < 4.78 is 5.81. The van der Waals surface area contributed by atoms with E-state index in [0.717, 1.165) is 17.1 Å². The van der Waals surface area contributed by atoms with Crippen molar-refractivity contribution in [2.24, 2.45) is 0 Å². The van der Waals surface area contributed by atoms with Crippen LogP contribution in [0.25, 0.3) is 65.6 Å². The van der Waals surface area contributed by atoms with Gasteiger partial charge in [-0.25, -0.2) is 0 Å². The van der Waals surface area contributed by atoms with Gasteiger partial charge in [-0.1, -0.05) is 101 Å². The molecule has 0 fully saturated rings. The van der Waals surface area contributed by atoms with E-state index < -0.39 is 0 Å². The molecule has 0 aliphatic rings. The SMILES string of the molecule is C[Si](C)=[Zr+2].Cc1ccc(-c2cc3c(-c4ccccc4)c(C)c(C)cc3[cH-]2)o1.Cc1ccc(-c2cc3c(-c4ccccc4)c(C)c(C)cc3[cH-]2)s1.Cl.Cl. The van der Waals surface area contributed by atoms with Crippen LogP contribution in [0.3, 0.4) is 0 Å². The monoisotopic (exact) mass is 834 g/mol. The number of thiophene rings is 1. The molecule has 264 valence electrons. The van der Waals surface area contributed by atoms with Crippen molar-refractivity contribution in [2.75, 3.05) is 0 Å². The Morgan fingerprint density at radius 2 is 1.04 bits per heavy atom. The first-order valence-corrected chi connectivity index (χ1v) is 24.2. The van der Waals surface area contributed by atoms with Crippen LogP contribution in [0.2, 0.25) is 13.1 Å². The van der Waals surface area contributed by atoms with Crippen molar-refractivity contribution in [2.45, 2.75) is 54.6 Å². The summed E-state index contributed by atoms with van der Waals surface area (Å²) in [5.41, 5.74) is 13.4. The van der Waals surface area contributed by atoms with Gasteiger partial charge >= 0.3 is 41.9 Å². The van der Waals surface area contributed by atoms with Crippen molar-refractivity contribution in [1.82, 2.24) is 0 Å². The van der Waals surface area contributed by atoms with E-state index in [0.29, 0.717) is 0 Å². The molecule has 0 unspecified atom stereocenters. The Morgan fingerprint density at radius 3 is 1.46 bits per heavy atom. The van der Waals surface area contributed by atoms with Gasteiger partial charge in [0.25, 0.3) is 0 Å². The average Bonchev–Trinajstić information content (AvgIpc) is 3.90. The molecule has 0 amide bonds. The fourth-order valence-electron chi connectivity index (χ4n) is 6.62. The summed E-state index contributed by atoms with van der Waals surface area (Å²) in [6, 6.07) is 43.6. The van der Waals surface area contributed by atoms with Crippen LogP contribution in [0.5, 0.6) is 0 Å². The molecule has 6 heteroatoms. The average molecular weight is 837 g/mol. The van der Waals surface area contributed by atoms with Crippen LogP contribution in [0.1, 0.15) is 32.9 Å². The molecule has 0 spiro atoms. The van der Waals surface area contributed by atoms with Gasteiger partial charge in [0, 0.05) is 0 Å². The Bertz CT molecular complexity index is 2260. The van der Waals surface area contributed by atoms with Crippen LogP contribution in [0.4, 0.5) is 0 Å². The van der Waals surface area contributed by atoms with E-state index in [2.05, 4.69) is 157 Å². The summed E-state index contributed by atoms with van der Waals surface area (Å²) in [6.07, 6.45) is 0. The van der Waals surface area contributed by atoms with E-state index in [-0.39, 0.29) is 30.2 Å². The number of hydrogen-bond acceptors (Lipinski definition) is 2. The summed E-state index contributed by atoms with van der Waals surface area (Å²) >= 11 is 3.60. The summed E-state index contributed by atoms with van der Waals surface area (Å²) in [4.78, 5) is 2.72. The Labute approximate surface area is 341 Å². The first kappa shape index (κ1) is 41.5. The number of aryl methyl sites for hydroxylation is 4. The third-order valence-corrected chi connectivity index (χ3v) is 10.3.